The van der Waals surface area contributed by atoms with E-state index in [-0.39, 0.29) is 5.91 Å². The van der Waals surface area contributed by atoms with Gasteiger partial charge in [0.25, 0.3) is 0 Å². The summed E-state index contributed by atoms with van der Waals surface area (Å²) >= 11 is 1.19. The van der Waals surface area contributed by atoms with Crippen LogP contribution in [0.2, 0.25) is 0 Å². The first-order valence-electron chi connectivity index (χ1n) is 10.1. The molecule has 7 heteroatoms. The maximum atomic E-state index is 12.6. The number of carbonyl (C=O) groups excluding carboxylic acids is 2. The van der Waals surface area contributed by atoms with Crippen LogP contribution in [-0.4, -0.2) is 36.6 Å². The fraction of sp³-hybridized carbons (Fsp3) is 0.500. The summed E-state index contributed by atoms with van der Waals surface area (Å²) in [5.74, 6) is 0.440. The summed E-state index contributed by atoms with van der Waals surface area (Å²) in [5.41, 5.74) is 1.66. The Morgan fingerprint density at radius 2 is 2.03 bits per heavy atom. The molecule has 1 aromatic carbocycles. The van der Waals surface area contributed by atoms with Crippen molar-refractivity contribution in [1.82, 2.24) is 4.98 Å². The van der Waals surface area contributed by atoms with Gasteiger partial charge in [0.2, 0.25) is 5.91 Å². The molecule has 0 N–H and O–H groups in total. The summed E-state index contributed by atoms with van der Waals surface area (Å²) in [6, 6.07) is 7.99. The molecule has 1 aliphatic carbocycles. The van der Waals surface area contributed by atoms with Crippen LogP contribution < -0.4 is 9.64 Å². The van der Waals surface area contributed by atoms with E-state index in [9.17, 15) is 9.59 Å². The second-order valence-electron chi connectivity index (χ2n) is 7.26. The van der Waals surface area contributed by atoms with Crippen LogP contribution in [0.5, 0.6) is 5.75 Å². The molecule has 6 nitrogen and oxygen atoms in total. The Balaban J connectivity index is 1.57. The highest BCUT2D eigenvalue weighted by Crippen LogP contribution is 2.27. The van der Waals surface area contributed by atoms with Crippen molar-refractivity contribution in [1.29, 1.82) is 0 Å². The third-order valence-electron chi connectivity index (χ3n) is 5.04. The van der Waals surface area contributed by atoms with E-state index in [1.54, 1.807) is 20.9 Å². The highest BCUT2D eigenvalue weighted by molar-refractivity contribution is 7.17. The zero-order valence-corrected chi connectivity index (χ0v) is 18.1. The quantitative estimate of drug-likeness (QED) is 0.591. The summed E-state index contributed by atoms with van der Waals surface area (Å²) in [6.45, 7) is 3.82. The number of nitrogens with zero attached hydrogens (tertiary/aromatic N) is 2. The number of carbonyl (C=O) groups is 2. The first kappa shape index (κ1) is 21.3. The highest BCUT2D eigenvalue weighted by Gasteiger charge is 2.21. The van der Waals surface area contributed by atoms with E-state index in [0.29, 0.717) is 41.3 Å². The van der Waals surface area contributed by atoms with Crippen LogP contribution in [-0.2, 0) is 16.0 Å². The number of aryl methyl sites for hydroxylation is 2. The van der Waals surface area contributed by atoms with Crippen molar-refractivity contribution in [2.75, 3.05) is 18.6 Å². The number of ether oxygens (including phenoxy) is 2. The Kier molecular flexibility index (Phi) is 7.25. The van der Waals surface area contributed by atoms with Crippen molar-refractivity contribution < 1.29 is 19.1 Å². The van der Waals surface area contributed by atoms with Gasteiger partial charge in [-0.3, -0.25) is 9.69 Å². The van der Waals surface area contributed by atoms with Crippen molar-refractivity contribution in [3.05, 3.63) is 40.4 Å². The Morgan fingerprint density at radius 1 is 1.28 bits per heavy atom. The van der Waals surface area contributed by atoms with Crippen molar-refractivity contribution in [2.24, 2.45) is 0 Å². The Bertz CT molecular complexity index is 858. The lowest BCUT2D eigenvalue weighted by Gasteiger charge is -2.15. The molecular weight excluding hydrogens is 388 g/mol. The minimum atomic E-state index is -0.395. The van der Waals surface area contributed by atoms with Gasteiger partial charge in [-0.1, -0.05) is 23.5 Å². The molecule has 1 aliphatic rings. The fourth-order valence-electron chi connectivity index (χ4n) is 3.41. The third-order valence-corrected chi connectivity index (χ3v) is 6.25. The molecule has 156 valence electrons. The number of thiazole rings is 1. The topological polar surface area (TPSA) is 68.7 Å². The predicted molar refractivity (Wildman–Crippen MR) is 114 cm³/mol. The van der Waals surface area contributed by atoms with E-state index in [1.807, 2.05) is 24.3 Å². The summed E-state index contributed by atoms with van der Waals surface area (Å²) < 4.78 is 11.1. The predicted octanol–water partition coefficient (Wildman–Crippen LogP) is 4.55. The average molecular weight is 417 g/mol. The molecule has 0 spiro atoms. The van der Waals surface area contributed by atoms with Crippen molar-refractivity contribution >= 4 is 28.3 Å². The number of esters is 1. The smallest absolute Gasteiger partial charge is 0.350 e. The molecule has 0 aliphatic heterocycles. The number of anilines is 1. The molecule has 1 fully saturated rings. The minimum absolute atomic E-state index is 0.0451. The maximum absolute atomic E-state index is 12.6. The maximum Gasteiger partial charge on any atom is 0.350 e. The molecule has 0 bridgehead atoms. The van der Waals surface area contributed by atoms with E-state index in [1.165, 1.54) is 29.1 Å². The van der Waals surface area contributed by atoms with Gasteiger partial charge in [-0.2, -0.15) is 0 Å². The van der Waals surface area contributed by atoms with Crippen LogP contribution in [0.3, 0.4) is 0 Å². The van der Waals surface area contributed by atoms with Crippen LogP contribution >= 0.6 is 11.3 Å². The van der Waals surface area contributed by atoms with E-state index in [0.717, 1.165) is 24.2 Å². The number of aromatic nitrogens is 1. The van der Waals surface area contributed by atoms with Gasteiger partial charge in [0.1, 0.15) is 10.6 Å². The van der Waals surface area contributed by atoms with E-state index in [4.69, 9.17) is 9.47 Å². The molecule has 3 rings (SSSR count). The molecule has 0 saturated heterocycles. The largest absolute Gasteiger partial charge is 0.490 e. The lowest BCUT2D eigenvalue weighted by atomic mass is 10.1. The SMILES string of the molecule is CCOC(=O)c1sc(N(C)C(=O)CCc2cccc(OC3CCCC3)c2)nc1C. The molecular formula is C22H28N2O4S. The zero-order valence-electron chi connectivity index (χ0n) is 17.3. The molecule has 0 atom stereocenters. The van der Waals surface area contributed by atoms with Gasteiger partial charge in [-0.05, 0) is 63.6 Å². The molecule has 2 aromatic rings. The van der Waals surface area contributed by atoms with E-state index < -0.39 is 5.97 Å². The molecule has 1 heterocycles. The molecule has 0 radical (unpaired) electrons. The second-order valence-corrected chi connectivity index (χ2v) is 8.23. The summed E-state index contributed by atoms with van der Waals surface area (Å²) in [5, 5.41) is 0.508. The van der Waals surface area contributed by atoms with E-state index >= 15 is 0 Å². The Labute approximate surface area is 175 Å². The Hall–Kier alpha value is -2.41. The number of hydrogen-bond acceptors (Lipinski definition) is 6. The molecule has 1 aromatic heterocycles. The first-order valence-corrected chi connectivity index (χ1v) is 11.0. The fourth-order valence-corrected chi connectivity index (χ4v) is 4.35. The lowest BCUT2D eigenvalue weighted by molar-refractivity contribution is -0.118. The van der Waals surface area contributed by atoms with Crippen molar-refractivity contribution in [2.45, 2.75) is 58.5 Å². The van der Waals surface area contributed by atoms with Gasteiger partial charge in [-0.25, -0.2) is 9.78 Å². The second kappa shape index (κ2) is 9.87. The summed E-state index contributed by atoms with van der Waals surface area (Å²) in [4.78, 5) is 30.9. The normalized spacial score (nSPS) is 14.0. The molecule has 0 unspecified atom stereocenters. The van der Waals surface area contributed by atoms with Gasteiger partial charge >= 0.3 is 5.97 Å². The van der Waals surface area contributed by atoms with E-state index in [2.05, 4.69) is 4.98 Å². The summed E-state index contributed by atoms with van der Waals surface area (Å²) in [6.07, 6.45) is 6.01. The number of amides is 1. The molecule has 1 saturated carbocycles. The first-order chi connectivity index (χ1) is 14.0. The minimum Gasteiger partial charge on any atom is -0.490 e. The highest BCUT2D eigenvalue weighted by atomic mass is 32.1. The van der Waals surface area contributed by atoms with Crippen molar-refractivity contribution in [3.63, 3.8) is 0 Å². The number of benzene rings is 1. The lowest BCUT2D eigenvalue weighted by Crippen LogP contribution is -2.26. The van der Waals surface area contributed by atoms with Crippen LogP contribution in [0.25, 0.3) is 0 Å². The standard InChI is InChI=1S/C22H28N2O4S/c1-4-27-21(26)20-15(2)23-22(29-20)24(3)19(25)13-12-16-8-7-11-18(14-16)28-17-9-5-6-10-17/h7-8,11,14,17H,4-6,9-10,12-13H2,1-3H3. The zero-order chi connectivity index (χ0) is 20.8. The van der Waals surface area contributed by atoms with Gasteiger partial charge in [0, 0.05) is 13.5 Å². The van der Waals surface area contributed by atoms with Gasteiger partial charge in [-0.15, -0.1) is 0 Å². The van der Waals surface area contributed by atoms with Gasteiger partial charge in [0.15, 0.2) is 5.13 Å². The monoisotopic (exact) mass is 416 g/mol. The third kappa shape index (κ3) is 5.56. The average Bonchev–Trinajstić information content (AvgIpc) is 3.35. The summed E-state index contributed by atoms with van der Waals surface area (Å²) in [7, 11) is 1.69. The molecule has 1 amide bonds. The van der Waals surface area contributed by atoms with Crippen LogP contribution in [0.15, 0.2) is 24.3 Å². The molecule has 29 heavy (non-hydrogen) atoms. The number of hydrogen-bond donors (Lipinski definition) is 0. The van der Waals surface area contributed by atoms with Crippen LogP contribution in [0.4, 0.5) is 5.13 Å². The van der Waals surface area contributed by atoms with Crippen LogP contribution in [0.1, 0.15) is 60.0 Å². The van der Waals surface area contributed by atoms with Gasteiger partial charge < -0.3 is 9.47 Å². The van der Waals surface area contributed by atoms with Crippen molar-refractivity contribution in [3.8, 4) is 5.75 Å². The van der Waals surface area contributed by atoms with Gasteiger partial charge in [0.05, 0.1) is 18.4 Å². The van der Waals surface area contributed by atoms with Crippen LogP contribution in [0, 0.1) is 6.92 Å². The Morgan fingerprint density at radius 3 is 2.76 bits per heavy atom. The number of rotatable bonds is 8.